The first kappa shape index (κ1) is 17.0. The summed E-state index contributed by atoms with van der Waals surface area (Å²) in [7, 11) is -1.24. The zero-order chi connectivity index (χ0) is 16.2. The number of rotatable bonds is 3. The van der Waals surface area contributed by atoms with E-state index in [4.69, 9.17) is 9.16 Å². The van der Waals surface area contributed by atoms with E-state index >= 15 is 0 Å². The van der Waals surface area contributed by atoms with Crippen molar-refractivity contribution in [2.75, 3.05) is 6.61 Å². The topological polar surface area (TPSA) is 38.8 Å². The summed E-state index contributed by atoms with van der Waals surface area (Å²) in [6, 6.07) is 0.248. The number of carbonyl (C=O) groups is 1. The van der Waals surface area contributed by atoms with Crippen molar-refractivity contribution in [3.63, 3.8) is 0 Å². The lowest BCUT2D eigenvalue weighted by Gasteiger charge is -2.63. The Kier molecular flexibility index (Phi) is 4.09. The van der Waals surface area contributed by atoms with Gasteiger partial charge in [0.25, 0.3) is 0 Å². The molecule has 0 aromatic carbocycles. The van der Waals surface area contributed by atoms with E-state index in [1.165, 1.54) is 0 Å². The Bertz CT molecular complexity index is 430. The van der Waals surface area contributed by atoms with Crippen LogP contribution in [0.2, 0.25) is 13.1 Å². The van der Waals surface area contributed by atoms with Gasteiger partial charge in [0.05, 0.1) is 24.2 Å². The van der Waals surface area contributed by atoms with Gasteiger partial charge in [-0.05, 0) is 45.7 Å². The van der Waals surface area contributed by atoms with E-state index in [1.54, 1.807) is 0 Å². The second kappa shape index (κ2) is 5.07. The number of amides is 1. The van der Waals surface area contributed by atoms with Gasteiger partial charge in [0.15, 0.2) is 9.04 Å². The fourth-order valence-corrected chi connectivity index (χ4v) is 5.29. The van der Waals surface area contributed by atoms with Gasteiger partial charge in [0.2, 0.25) is 5.91 Å². The molecule has 0 radical (unpaired) electrons. The van der Waals surface area contributed by atoms with Crippen molar-refractivity contribution in [1.82, 2.24) is 4.90 Å². The second-order valence-electron chi connectivity index (χ2n) is 8.36. The predicted octanol–water partition coefficient (Wildman–Crippen LogP) is 2.77. The smallest absolute Gasteiger partial charge is 0.233 e. The van der Waals surface area contributed by atoms with Gasteiger partial charge >= 0.3 is 0 Å². The van der Waals surface area contributed by atoms with E-state index in [0.29, 0.717) is 0 Å². The number of nitrogens with zero attached hydrogens (tertiary/aromatic N) is 1. The van der Waals surface area contributed by atoms with Crippen LogP contribution >= 0.6 is 0 Å². The standard InChI is InChI=1S/C16H31NO3Si/c1-14(2,3)16(6,20-21(7)8)12-11-9-10-19-15(4,5)17(11)13(12)18/h11-12,21H,9-10H2,1-8H3. The first-order valence-electron chi connectivity index (χ1n) is 8.07. The van der Waals surface area contributed by atoms with Crippen LogP contribution in [0.5, 0.6) is 0 Å². The molecule has 2 saturated heterocycles. The third-order valence-electron chi connectivity index (χ3n) is 5.23. The van der Waals surface area contributed by atoms with Crippen LogP contribution in [-0.2, 0) is 14.0 Å². The van der Waals surface area contributed by atoms with Crippen LogP contribution in [0.1, 0.15) is 48.0 Å². The van der Waals surface area contributed by atoms with Crippen molar-refractivity contribution < 1.29 is 14.0 Å². The highest BCUT2D eigenvalue weighted by Crippen LogP contribution is 2.51. The maximum absolute atomic E-state index is 12.9. The predicted molar refractivity (Wildman–Crippen MR) is 86.6 cm³/mol. The molecule has 0 saturated carbocycles. The number of β-lactam (4-membered cyclic amide) rings is 1. The third kappa shape index (κ3) is 2.57. The highest BCUT2D eigenvalue weighted by Gasteiger charge is 2.64. The average Bonchev–Trinajstić information content (AvgIpc) is 2.23. The minimum atomic E-state index is -1.24. The van der Waals surface area contributed by atoms with Crippen molar-refractivity contribution in [3.05, 3.63) is 0 Å². The fraction of sp³-hybridized carbons (Fsp3) is 0.938. The molecule has 0 bridgehead atoms. The molecular weight excluding hydrogens is 282 g/mol. The van der Waals surface area contributed by atoms with Crippen LogP contribution in [0.4, 0.5) is 0 Å². The Balaban J connectivity index is 2.33. The minimum Gasteiger partial charge on any atom is -0.414 e. The van der Waals surface area contributed by atoms with Gasteiger partial charge < -0.3 is 14.1 Å². The molecule has 2 fully saturated rings. The molecule has 0 spiro atoms. The van der Waals surface area contributed by atoms with Gasteiger partial charge in [0, 0.05) is 0 Å². The van der Waals surface area contributed by atoms with Gasteiger partial charge in [-0.2, -0.15) is 0 Å². The quantitative estimate of drug-likeness (QED) is 0.594. The van der Waals surface area contributed by atoms with Gasteiger partial charge in [-0.25, -0.2) is 0 Å². The zero-order valence-corrected chi connectivity index (χ0v) is 16.0. The highest BCUT2D eigenvalue weighted by atomic mass is 28.3. The van der Waals surface area contributed by atoms with E-state index in [-0.39, 0.29) is 23.3 Å². The lowest BCUT2D eigenvalue weighted by molar-refractivity contribution is -0.255. The van der Waals surface area contributed by atoms with Crippen LogP contribution in [0.25, 0.3) is 0 Å². The molecule has 3 atom stereocenters. The van der Waals surface area contributed by atoms with Crippen LogP contribution in [-0.4, -0.2) is 43.8 Å². The molecule has 2 aliphatic rings. The largest absolute Gasteiger partial charge is 0.414 e. The molecule has 1 amide bonds. The van der Waals surface area contributed by atoms with Crippen molar-refractivity contribution >= 4 is 14.9 Å². The van der Waals surface area contributed by atoms with Crippen LogP contribution in [0.3, 0.4) is 0 Å². The Morgan fingerprint density at radius 1 is 1.29 bits per heavy atom. The second-order valence-corrected chi connectivity index (χ2v) is 10.7. The molecule has 21 heavy (non-hydrogen) atoms. The highest BCUT2D eigenvalue weighted by molar-refractivity contribution is 6.48. The number of hydrogen-bond acceptors (Lipinski definition) is 3. The minimum absolute atomic E-state index is 0.0458. The fourth-order valence-electron chi connectivity index (χ4n) is 3.81. The molecule has 0 aliphatic carbocycles. The van der Waals surface area contributed by atoms with Crippen LogP contribution < -0.4 is 0 Å². The molecule has 3 unspecified atom stereocenters. The third-order valence-corrected chi connectivity index (χ3v) is 6.19. The number of carbonyl (C=O) groups excluding carboxylic acids is 1. The summed E-state index contributed by atoms with van der Waals surface area (Å²) < 4.78 is 12.2. The Labute approximate surface area is 130 Å². The van der Waals surface area contributed by atoms with E-state index in [2.05, 4.69) is 40.8 Å². The molecule has 0 N–H and O–H groups in total. The summed E-state index contributed by atoms with van der Waals surface area (Å²) in [4.78, 5) is 14.8. The molecule has 0 aromatic heterocycles. The van der Waals surface area contributed by atoms with Gasteiger partial charge in [-0.1, -0.05) is 20.8 Å². The summed E-state index contributed by atoms with van der Waals surface area (Å²) in [5.74, 6) is 0.146. The Morgan fingerprint density at radius 3 is 2.33 bits per heavy atom. The van der Waals surface area contributed by atoms with Crippen LogP contribution in [0, 0.1) is 11.3 Å². The molecule has 2 heterocycles. The van der Waals surface area contributed by atoms with E-state index in [9.17, 15) is 4.79 Å². The molecular formula is C16H31NO3Si. The van der Waals surface area contributed by atoms with Gasteiger partial charge in [-0.3, -0.25) is 4.79 Å². The summed E-state index contributed by atoms with van der Waals surface area (Å²) >= 11 is 0. The van der Waals surface area contributed by atoms with Crippen molar-refractivity contribution in [2.45, 2.75) is 78.4 Å². The van der Waals surface area contributed by atoms with E-state index in [0.717, 1.165) is 13.0 Å². The Hall–Kier alpha value is -0.393. The molecule has 2 aliphatic heterocycles. The normalized spacial score (nSPS) is 31.7. The van der Waals surface area contributed by atoms with E-state index in [1.807, 2.05) is 18.7 Å². The van der Waals surface area contributed by atoms with Crippen molar-refractivity contribution in [3.8, 4) is 0 Å². The first-order valence-corrected chi connectivity index (χ1v) is 10.8. The summed E-state index contributed by atoms with van der Waals surface area (Å²) in [5.41, 5.74) is -0.956. The summed E-state index contributed by atoms with van der Waals surface area (Å²) in [6.07, 6.45) is 0.911. The monoisotopic (exact) mass is 313 g/mol. The van der Waals surface area contributed by atoms with Crippen LogP contribution in [0.15, 0.2) is 0 Å². The molecule has 122 valence electrons. The molecule has 5 heteroatoms. The number of ether oxygens (including phenoxy) is 1. The number of hydrogen-bond donors (Lipinski definition) is 0. The SMILES string of the molecule is C[SiH](C)OC(C)(C1C(=O)N2C1CCOC2(C)C)C(C)(C)C. The molecule has 2 rings (SSSR count). The average molecular weight is 314 g/mol. The maximum Gasteiger partial charge on any atom is 0.233 e. The lowest BCUT2D eigenvalue weighted by atomic mass is 9.62. The maximum atomic E-state index is 12.9. The number of fused-ring (bicyclic) bond motifs is 1. The summed E-state index contributed by atoms with van der Waals surface area (Å²) in [6.45, 7) is 17.7. The van der Waals surface area contributed by atoms with Gasteiger partial charge in [-0.15, -0.1) is 0 Å². The zero-order valence-electron chi connectivity index (χ0n) is 14.8. The van der Waals surface area contributed by atoms with Crippen molar-refractivity contribution in [2.24, 2.45) is 11.3 Å². The van der Waals surface area contributed by atoms with Crippen molar-refractivity contribution in [1.29, 1.82) is 0 Å². The molecule has 4 nitrogen and oxygen atoms in total. The van der Waals surface area contributed by atoms with Gasteiger partial charge in [0.1, 0.15) is 5.72 Å². The van der Waals surface area contributed by atoms with E-state index < -0.39 is 20.4 Å². The molecule has 0 aromatic rings. The Morgan fingerprint density at radius 2 is 1.86 bits per heavy atom. The lowest BCUT2D eigenvalue weighted by Crippen LogP contribution is -2.77. The summed E-state index contributed by atoms with van der Waals surface area (Å²) in [5, 5.41) is 0. The first-order chi connectivity index (χ1) is 9.42.